The zero-order valence-corrected chi connectivity index (χ0v) is 16.7. The van der Waals surface area contributed by atoms with Crippen LogP contribution in [0, 0.1) is 6.92 Å². The minimum Gasteiger partial charge on any atom is -0.352 e. The largest absolute Gasteiger partial charge is 0.352 e. The molecule has 0 fully saturated rings. The number of hydrogen-bond donors (Lipinski definition) is 1. The van der Waals surface area contributed by atoms with Crippen LogP contribution in [0.5, 0.6) is 0 Å². The number of hydrogen-bond acceptors (Lipinski definition) is 3. The highest BCUT2D eigenvalue weighted by Gasteiger charge is 2.39. The number of aromatic nitrogens is 1. The molecule has 0 saturated heterocycles. The van der Waals surface area contributed by atoms with Crippen molar-refractivity contribution in [1.82, 2.24) is 10.3 Å². The number of fused-ring (bicyclic) bond motifs is 1. The van der Waals surface area contributed by atoms with E-state index in [2.05, 4.69) is 10.3 Å². The summed E-state index contributed by atoms with van der Waals surface area (Å²) in [6, 6.07) is 18.0. The fraction of sp³-hybridized carbons (Fsp3) is 0.174. The van der Waals surface area contributed by atoms with E-state index in [1.54, 1.807) is 47.5 Å². The van der Waals surface area contributed by atoms with Crippen LogP contribution in [0.25, 0.3) is 0 Å². The quantitative estimate of drug-likeness (QED) is 0.682. The van der Waals surface area contributed by atoms with Gasteiger partial charge < -0.3 is 5.32 Å². The number of aryl methyl sites for hydroxylation is 1. The van der Waals surface area contributed by atoms with Crippen molar-refractivity contribution in [2.75, 3.05) is 4.90 Å². The molecule has 2 amide bonds. The Balaban J connectivity index is 1.56. The molecule has 1 aliphatic heterocycles. The van der Waals surface area contributed by atoms with Crippen LogP contribution in [-0.4, -0.2) is 16.8 Å². The van der Waals surface area contributed by atoms with Crippen molar-refractivity contribution < 1.29 is 9.59 Å². The first-order valence-electron chi connectivity index (χ1n) is 9.39. The molecule has 0 aliphatic carbocycles. The van der Waals surface area contributed by atoms with E-state index in [0.29, 0.717) is 28.5 Å². The van der Waals surface area contributed by atoms with Gasteiger partial charge in [-0.1, -0.05) is 41.4 Å². The van der Waals surface area contributed by atoms with Gasteiger partial charge in [0.25, 0.3) is 5.91 Å². The second-order valence-electron chi connectivity index (χ2n) is 7.07. The summed E-state index contributed by atoms with van der Waals surface area (Å²) < 4.78 is 0. The highest BCUT2D eigenvalue weighted by Crippen LogP contribution is 2.38. The van der Waals surface area contributed by atoms with E-state index >= 15 is 0 Å². The Hall–Kier alpha value is -3.18. The number of nitrogens with one attached hydrogen (secondary N) is 1. The topological polar surface area (TPSA) is 62.3 Å². The molecule has 4 rings (SSSR count). The first kappa shape index (κ1) is 19.2. The van der Waals surface area contributed by atoms with Gasteiger partial charge in [0.15, 0.2) is 0 Å². The maximum atomic E-state index is 13.0. The first-order chi connectivity index (χ1) is 14.0. The van der Waals surface area contributed by atoms with Crippen LogP contribution in [0.3, 0.4) is 0 Å². The number of amides is 2. The third kappa shape index (κ3) is 4.00. The Morgan fingerprint density at radius 3 is 2.69 bits per heavy atom. The third-order valence-electron chi connectivity index (χ3n) is 4.97. The molecule has 3 aromatic rings. The van der Waals surface area contributed by atoms with Gasteiger partial charge in [0.2, 0.25) is 5.91 Å². The Labute approximate surface area is 174 Å². The number of carbonyl (C=O) groups is 2. The maximum Gasteiger partial charge on any atom is 0.260 e. The molecule has 0 bridgehead atoms. The monoisotopic (exact) mass is 405 g/mol. The molecule has 5 nitrogen and oxygen atoms in total. The summed E-state index contributed by atoms with van der Waals surface area (Å²) in [6.07, 6.45) is 1.78. The van der Waals surface area contributed by atoms with Crippen LogP contribution in [0.1, 0.15) is 39.6 Å². The average Bonchev–Trinajstić information content (AvgIpc) is 2.99. The van der Waals surface area contributed by atoms with Crippen LogP contribution in [0.2, 0.25) is 5.02 Å². The smallest absolute Gasteiger partial charge is 0.260 e. The van der Waals surface area contributed by atoms with Gasteiger partial charge >= 0.3 is 0 Å². The molecule has 1 N–H and O–H groups in total. The molecule has 0 saturated carbocycles. The summed E-state index contributed by atoms with van der Waals surface area (Å²) in [5.41, 5.74) is 4.02. The van der Waals surface area contributed by atoms with E-state index in [1.165, 1.54) is 0 Å². The lowest BCUT2D eigenvalue weighted by molar-refractivity contribution is -0.121. The summed E-state index contributed by atoms with van der Waals surface area (Å²) in [4.78, 5) is 31.7. The second kappa shape index (κ2) is 8.05. The van der Waals surface area contributed by atoms with Crippen LogP contribution in [-0.2, 0) is 11.3 Å². The molecule has 2 heterocycles. The zero-order chi connectivity index (χ0) is 20.4. The summed E-state index contributed by atoms with van der Waals surface area (Å²) in [6.45, 7) is 2.46. The Morgan fingerprint density at radius 2 is 1.93 bits per heavy atom. The SMILES string of the molecule is Cc1cccc(CNC(=O)C[C@@H]2c3ncccc3C(=O)N2c2ccc(Cl)cc2)c1. The predicted molar refractivity (Wildman–Crippen MR) is 113 cm³/mol. The third-order valence-corrected chi connectivity index (χ3v) is 5.22. The first-order valence-corrected chi connectivity index (χ1v) is 9.77. The highest BCUT2D eigenvalue weighted by molar-refractivity contribution is 6.30. The lowest BCUT2D eigenvalue weighted by Gasteiger charge is -2.24. The normalized spacial score (nSPS) is 15.3. The lowest BCUT2D eigenvalue weighted by atomic mass is 10.1. The Morgan fingerprint density at radius 1 is 1.14 bits per heavy atom. The number of benzene rings is 2. The summed E-state index contributed by atoms with van der Waals surface area (Å²) in [7, 11) is 0. The molecule has 6 heteroatoms. The van der Waals surface area contributed by atoms with Crippen molar-refractivity contribution in [3.05, 3.63) is 94.3 Å². The molecule has 1 aromatic heterocycles. The molecule has 0 unspecified atom stereocenters. The Kier molecular flexibility index (Phi) is 5.32. The van der Waals surface area contributed by atoms with E-state index in [4.69, 9.17) is 11.6 Å². The fourth-order valence-corrected chi connectivity index (χ4v) is 3.74. The Bertz CT molecular complexity index is 1070. The van der Waals surface area contributed by atoms with Crippen LogP contribution < -0.4 is 10.2 Å². The van der Waals surface area contributed by atoms with E-state index in [0.717, 1.165) is 11.1 Å². The van der Waals surface area contributed by atoms with Gasteiger partial charge in [-0.05, 0) is 48.9 Å². The highest BCUT2D eigenvalue weighted by atomic mass is 35.5. The van der Waals surface area contributed by atoms with Crippen molar-refractivity contribution in [3.8, 4) is 0 Å². The lowest BCUT2D eigenvalue weighted by Crippen LogP contribution is -2.32. The minimum absolute atomic E-state index is 0.129. The van der Waals surface area contributed by atoms with E-state index in [-0.39, 0.29) is 18.2 Å². The van der Waals surface area contributed by atoms with Gasteiger partial charge in [-0.25, -0.2) is 0 Å². The summed E-state index contributed by atoms with van der Waals surface area (Å²) in [5, 5.41) is 3.54. The van der Waals surface area contributed by atoms with E-state index in [1.807, 2.05) is 31.2 Å². The van der Waals surface area contributed by atoms with Crippen molar-refractivity contribution >= 4 is 29.1 Å². The summed E-state index contributed by atoms with van der Waals surface area (Å²) in [5.74, 6) is -0.298. The van der Waals surface area contributed by atoms with Crippen LogP contribution in [0.4, 0.5) is 5.69 Å². The van der Waals surface area contributed by atoms with Crippen LogP contribution >= 0.6 is 11.6 Å². The van der Waals surface area contributed by atoms with Crippen molar-refractivity contribution in [1.29, 1.82) is 0 Å². The van der Waals surface area contributed by atoms with Crippen molar-refractivity contribution in [2.24, 2.45) is 0 Å². The molecular weight excluding hydrogens is 386 g/mol. The van der Waals surface area contributed by atoms with Gasteiger partial charge in [0, 0.05) is 23.5 Å². The molecular formula is C23H20ClN3O2. The predicted octanol–water partition coefficient (Wildman–Crippen LogP) is 4.45. The molecule has 0 spiro atoms. The molecule has 146 valence electrons. The second-order valence-corrected chi connectivity index (χ2v) is 7.51. The minimum atomic E-state index is -0.461. The van der Waals surface area contributed by atoms with Gasteiger partial charge in [-0.2, -0.15) is 0 Å². The number of carbonyl (C=O) groups excluding carboxylic acids is 2. The van der Waals surface area contributed by atoms with Gasteiger partial charge in [-0.3, -0.25) is 19.5 Å². The van der Waals surface area contributed by atoms with Gasteiger partial charge in [0.1, 0.15) is 0 Å². The van der Waals surface area contributed by atoms with Crippen LogP contribution in [0.15, 0.2) is 66.9 Å². The standard InChI is InChI=1S/C23H20ClN3O2/c1-15-4-2-5-16(12-15)14-26-21(28)13-20-22-19(6-3-11-25-22)23(29)27(20)18-9-7-17(24)8-10-18/h2-12,20H,13-14H2,1H3,(H,26,28)/t20-/m1/s1. The van der Waals surface area contributed by atoms with Gasteiger partial charge in [0.05, 0.1) is 23.7 Å². The van der Waals surface area contributed by atoms with E-state index < -0.39 is 6.04 Å². The van der Waals surface area contributed by atoms with Crippen molar-refractivity contribution in [3.63, 3.8) is 0 Å². The number of rotatable bonds is 5. The average molecular weight is 406 g/mol. The number of halogens is 1. The summed E-state index contributed by atoms with van der Waals surface area (Å²) >= 11 is 6.00. The van der Waals surface area contributed by atoms with Gasteiger partial charge in [-0.15, -0.1) is 0 Å². The molecule has 29 heavy (non-hydrogen) atoms. The number of nitrogens with zero attached hydrogens (tertiary/aromatic N) is 2. The molecule has 1 atom stereocenters. The molecule has 2 aromatic carbocycles. The number of pyridine rings is 1. The molecule has 1 aliphatic rings. The fourth-order valence-electron chi connectivity index (χ4n) is 3.61. The van der Waals surface area contributed by atoms with Crippen molar-refractivity contribution in [2.45, 2.75) is 25.9 Å². The number of anilines is 1. The molecule has 0 radical (unpaired) electrons. The van der Waals surface area contributed by atoms with E-state index in [9.17, 15) is 9.59 Å². The maximum absolute atomic E-state index is 13.0. The zero-order valence-electron chi connectivity index (χ0n) is 15.9.